The van der Waals surface area contributed by atoms with Crippen molar-refractivity contribution in [1.29, 1.82) is 0 Å². The highest BCUT2D eigenvalue weighted by atomic mass is 16.3. The first-order valence-electron chi connectivity index (χ1n) is 9.46. The fourth-order valence-corrected chi connectivity index (χ4v) is 6.79. The van der Waals surface area contributed by atoms with Gasteiger partial charge in [0.05, 0.1) is 0 Å². The Bertz CT molecular complexity index is 717. The summed E-state index contributed by atoms with van der Waals surface area (Å²) in [5.41, 5.74) is 0.140. The average molecular weight is 342 g/mol. The van der Waals surface area contributed by atoms with Gasteiger partial charge in [0.15, 0.2) is 5.78 Å². The van der Waals surface area contributed by atoms with E-state index < -0.39 is 11.0 Å². The fraction of sp³-hybridized carbons (Fsp3) is 0.714. The molecule has 4 saturated carbocycles. The Labute approximate surface area is 148 Å². The second kappa shape index (κ2) is 5.25. The Balaban J connectivity index is 1.83. The van der Waals surface area contributed by atoms with E-state index >= 15 is 0 Å². The highest BCUT2D eigenvalue weighted by Gasteiger charge is 2.68. The Morgan fingerprint density at radius 3 is 2.60 bits per heavy atom. The van der Waals surface area contributed by atoms with Crippen molar-refractivity contribution in [2.45, 2.75) is 63.9 Å². The number of fused-ring (bicyclic) bond motifs is 5. The molecule has 4 aliphatic rings. The maximum Gasteiger partial charge on any atom is 0.166 e. The summed E-state index contributed by atoms with van der Waals surface area (Å²) in [5, 5.41) is 11.4. The summed E-state index contributed by atoms with van der Waals surface area (Å²) in [6.45, 7) is 5.77. The van der Waals surface area contributed by atoms with Gasteiger partial charge in [-0.25, -0.2) is 0 Å². The molecule has 4 nitrogen and oxygen atoms in total. The zero-order chi connectivity index (χ0) is 18.0. The van der Waals surface area contributed by atoms with Gasteiger partial charge in [-0.05, 0) is 49.5 Å². The van der Waals surface area contributed by atoms with Crippen LogP contribution in [-0.2, 0) is 14.4 Å². The van der Waals surface area contributed by atoms with E-state index in [0.717, 1.165) is 19.3 Å². The van der Waals surface area contributed by atoms with E-state index in [9.17, 15) is 19.5 Å². The largest absolute Gasteiger partial charge is 0.381 e. The summed E-state index contributed by atoms with van der Waals surface area (Å²) in [7, 11) is 0. The minimum Gasteiger partial charge on any atom is -0.381 e. The van der Waals surface area contributed by atoms with Crippen LogP contribution in [-0.4, -0.2) is 28.1 Å². The van der Waals surface area contributed by atoms with Gasteiger partial charge in [-0.1, -0.05) is 13.5 Å². The van der Waals surface area contributed by atoms with Crippen molar-refractivity contribution in [2.75, 3.05) is 0 Å². The molecule has 0 aromatic carbocycles. The molecule has 1 unspecified atom stereocenters. The summed E-state index contributed by atoms with van der Waals surface area (Å²) in [4.78, 5) is 37.6. The summed E-state index contributed by atoms with van der Waals surface area (Å²) < 4.78 is 0. The van der Waals surface area contributed by atoms with Crippen LogP contribution in [0, 0.1) is 28.6 Å². The van der Waals surface area contributed by atoms with Crippen LogP contribution in [0.15, 0.2) is 18.4 Å². The van der Waals surface area contributed by atoms with Gasteiger partial charge in [-0.2, -0.15) is 0 Å². The number of hydrogen-bond acceptors (Lipinski definition) is 4. The molecule has 0 bridgehead atoms. The van der Waals surface area contributed by atoms with Gasteiger partial charge in [0.25, 0.3) is 0 Å². The van der Waals surface area contributed by atoms with Crippen LogP contribution in [0.3, 0.4) is 0 Å². The molecule has 4 heteroatoms. The Morgan fingerprint density at radius 2 is 1.88 bits per heavy atom. The third-order valence-corrected chi connectivity index (χ3v) is 8.09. The minimum atomic E-state index is -1.62. The molecule has 4 fully saturated rings. The van der Waals surface area contributed by atoms with Crippen LogP contribution in [0.5, 0.6) is 0 Å². The Kier molecular flexibility index (Phi) is 3.55. The molecule has 25 heavy (non-hydrogen) atoms. The molecule has 4 rings (SSSR count). The van der Waals surface area contributed by atoms with Gasteiger partial charge in [-0.15, -0.1) is 5.73 Å². The molecular weight excluding hydrogens is 316 g/mol. The molecule has 0 aliphatic heterocycles. The van der Waals surface area contributed by atoms with Crippen LogP contribution >= 0.6 is 0 Å². The maximum absolute atomic E-state index is 13.0. The highest BCUT2D eigenvalue weighted by Crippen LogP contribution is 2.66. The average Bonchev–Trinajstić information content (AvgIpc) is 2.86. The lowest BCUT2D eigenvalue weighted by Gasteiger charge is -2.61. The Morgan fingerprint density at radius 1 is 1.12 bits per heavy atom. The van der Waals surface area contributed by atoms with Crippen molar-refractivity contribution in [3.63, 3.8) is 0 Å². The zero-order valence-electron chi connectivity index (χ0n) is 14.8. The van der Waals surface area contributed by atoms with Crippen molar-refractivity contribution < 1.29 is 19.5 Å². The van der Waals surface area contributed by atoms with Crippen LogP contribution in [0.2, 0.25) is 0 Å². The summed E-state index contributed by atoms with van der Waals surface area (Å²) >= 11 is 0. The molecule has 4 aliphatic carbocycles. The lowest BCUT2D eigenvalue weighted by Crippen LogP contribution is -2.67. The molecule has 6 atom stereocenters. The maximum atomic E-state index is 13.0. The van der Waals surface area contributed by atoms with E-state index in [0.29, 0.717) is 25.0 Å². The van der Waals surface area contributed by atoms with Gasteiger partial charge in [0.2, 0.25) is 0 Å². The first-order chi connectivity index (χ1) is 11.8. The number of carbonyl (C=O) groups is 3. The summed E-state index contributed by atoms with van der Waals surface area (Å²) in [6.07, 6.45) is 5.91. The predicted octanol–water partition coefficient (Wildman–Crippen LogP) is 2.78. The van der Waals surface area contributed by atoms with Crippen LogP contribution in [0.4, 0.5) is 0 Å². The number of ketones is 3. The summed E-state index contributed by atoms with van der Waals surface area (Å²) in [5.74, 6) is 0.490. The molecule has 0 aromatic rings. The first-order valence-corrected chi connectivity index (χ1v) is 9.46. The van der Waals surface area contributed by atoms with Crippen molar-refractivity contribution in [2.24, 2.45) is 28.6 Å². The highest BCUT2D eigenvalue weighted by molar-refractivity contribution is 5.97. The normalized spacial score (nSPS) is 49.0. The van der Waals surface area contributed by atoms with E-state index in [1.807, 2.05) is 0 Å². The van der Waals surface area contributed by atoms with Crippen molar-refractivity contribution in [3.05, 3.63) is 18.4 Å². The van der Waals surface area contributed by atoms with Gasteiger partial charge >= 0.3 is 0 Å². The monoisotopic (exact) mass is 342 g/mol. The standard InChI is InChI=1S/C21H26O4/c1-3-8-20-10-6-13(22)12-21(20,25)18(24)11-14-15-4-5-17(23)19(15,2)9-7-16(14)20/h8,14-16,25H,1,4-7,9-12H2,2H3/t14-,15-,16-,19-,20?,21-/m0/s1. The first kappa shape index (κ1) is 16.9. The molecule has 0 saturated heterocycles. The van der Waals surface area contributed by atoms with E-state index in [2.05, 4.69) is 19.2 Å². The van der Waals surface area contributed by atoms with E-state index in [1.54, 1.807) is 6.08 Å². The van der Waals surface area contributed by atoms with Crippen LogP contribution < -0.4 is 0 Å². The van der Waals surface area contributed by atoms with Gasteiger partial charge in [0.1, 0.15) is 17.2 Å². The lowest BCUT2D eigenvalue weighted by molar-refractivity contribution is -0.193. The quantitative estimate of drug-likeness (QED) is 0.744. The van der Waals surface area contributed by atoms with Crippen molar-refractivity contribution in [3.8, 4) is 0 Å². The number of aliphatic hydroxyl groups is 1. The molecule has 0 aromatic heterocycles. The minimum absolute atomic E-state index is 0.0425. The van der Waals surface area contributed by atoms with Crippen molar-refractivity contribution >= 4 is 17.3 Å². The summed E-state index contributed by atoms with van der Waals surface area (Å²) in [6, 6.07) is 0. The second-order valence-electron chi connectivity index (χ2n) is 8.89. The molecule has 0 spiro atoms. The number of Topliss-reactive ketones (excluding diaryl/α,β-unsaturated/α-hetero) is 3. The van der Waals surface area contributed by atoms with Gasteiger partial charge in [0, 0.05) is 36.5 Å². The fourth-order valence-electron chi connectivity index (χ4n) is 6.79. The van der Waals surface area contributed by atoms with E-state index in [-0.39, 0.29) is 47.6 Å². The molecular formula is C21H26O4. The Hall–Kier alpha value is -1.51. The van der Waals surface area contributed by atoms with Gasteiger partial charge in [-0.3, -0.25) is 14.4 Å². The third kappa shape index (κ3) is 1.96. The molecule has 0 radical (unpaired) electrons. The molecule has 0 amide bonds. The number of rotatable bonds is 1. The van der Waals surface area contributed by atoms with Gasteiger partial charge < -0.3 is 5.11 Å². The SMILES string of the molecule is C=C=CC12CCC(=O)C[C@]1(O)C(=O)C[C@@H]1[C@@H]2CC[C@]2(C)C(=O)CC[C@@H]12. The predicted molar refractivity (Wildman–Crippen MR) is 91.6 cm³/mol. The number of carbonyl (C=O) groups excluding carboxylic acids is 3. The van der Waals surface area contributed by atoms with Crippen LogP contribution in [0.1, 0.15) is 58.3 Å². The third-order valence-electron chi connectivity index (χ3n) is 8.09. The van der Waals surface area contributed by atoms with Crippen molar-refractivity contribution in [1.82, 2.24) is 0 Å². The van der Waals surface area contributed by atoms with E-state index in [4.69, 9.17) is 0 Å². The topological polar surface area (TPSA) is 71.4 Å². The smallest absolute Gasteiger partial charge is 0.166 e. The molecule has 134 valence electrons. The molecule has 0 heterocycles. The second-order valence-corrected chi connectivity index (χ2v) is 8.89. The zero-order valence-corrected chi connectivity index (χ0v) is 14.8. The van der Waals surface area contributed by atoms with E-state index in [1.165, 1.54) is 0 Å². The lowest BCUT2D eigenvalue weighted by atomic mass is 9.43. The molecule has 1 N–H and O–H groups in total. The van der Waals surface area contributed by atoms with Crippen LogP contribution in [0.25, 0.3) is 0 Å². The number of hydrogen-bond donors (Lipinski definition) is 1.